The number of fused-ring (bicyclic) bond motifs is 1. The molecule has 0 spiro atoms. The topological polar surface area (TPSA) is 24.9 Å². The van der Waals surface area contributed by atoms with Crippen LogP contribution in [0.15, 0.2) is 52.1 Å². The smallest absolute Gasteiger partial charge is 0.0410 e. The summed E-state index contributed by atoms with van der Waals surface area (Å²) in [6.45, 7) is 3.18. The molecule has 1 N–H and O–H groups in total. The summed E-state index contributed by atoms with van der Waals surface area (Å²) >= 11 is 5.52. The third-order valence-electron chi connectivity index (χ3n) is 3.80. The lowest BCUT2D eigenvalue weighted by atomic mass is 9.99. The van der Waals surface area contributed by atoms with Gasteiger partial charge in [0.05, 0.1) is 0 Å². The van der Waals surface area contributed by atoms with Gasteiger partial charge in [0.25, 0.3) is 0 Å². The minimum atomic E-state index is 0.475. The lowest BCUT2D eigenvalue weighted by Crippen LogP contribution is -2.39. The first kappa shape index (κ1) is 15.1. The van der Waals surface area contributed by atoms with Gasteiger partial charge >= 0.3 is 0 Å². The van der Waals surface area contributed by atoms with Crippen LogP contribution in [0.4, 0.5) is 0 Å². The van der Waals surface area contributed by atoms with E-state index < -0.39 is 0 Å². The highest BCUT2D eigenvalue weighted by molar-refractivity contribution is 9.10. The molecule has 0 fully saturated rings. The first-order valence-corrected chi connectivity index (χ1v) is 9.01. The van der Waals surface area contributed by atoms with E-state index in [2.05, 4.69) is 63.5 Å². The molecule has 1 aromatic heterocycles. The maximum absolute atomic E-state index is 4.28. The van der Waals surface area contributed by atoms with Crippen molar-refractivity contribution in [3.05, 3.63) is 58.3 Å². The maximum Gasteiger partial charge on any atom is 0.0410 e. The van der Waals surface area contributed by atoms with Gasteiger partial charge in [-0.25, -0.2) is 0 Å². The molecular weight excluding hydrogens is 344 g/mol. The predicted octanol–water partition coefficient (Wildman–Crippen LogP) is 4.08. The van der Waals surface area contributed by atoms with Gasteiger partial charge in [-0.1, -0.05) is 25.1 Å². The molecule has 0 bridgehead atoms. The number of hydrogen-bond donors (Lipinski definition) is 1. The average Bonchev–Trinajstić information content (AvgIpc) is 2.91. The van der Waals surface area contributed by atoms with Crippen molar-refractivity contribution in [2.75, 3.05) is 6.54 Å². The second-order valence-corrected chi connectivity index (χ2v) is 7.54. The van der Waals surface area contributed by atoms with Crippen molar-refractivity contribution in [1.29, 1.82) is 0 Å². The number of thioether (sulfide) groups is 1. The largest absolute Gasteiger partial charge is 0.313 e. The van der Waals surface area contributed by atoms with Crippen LogP contribution in [0, 0.1) is 0 Å². The molecule has 1 aliphatic rings. The number of likely N-dealkylation sites (N-methyl/N-ethyl adjacent to an activating group) is 1. The lowest BCUT2D eigenvalue weighted by Gasteiger charge is -2.23. The zero-order valence-electron chi connectivity index (χ0n) is 12.1. The highest BCUT2D eigenvalue weighted by atomic mass is 79.9. The molecule has 1 aromatic carbocycles. The predicted molar refractivity (Wildman–Crippen MR) is 92.9 cm³/mol. The van der Waals surface area contributed by atoms with Crippen LogP contribution in [-0.2, 0) is 12.8 Å². The van der Waals surface area contributed by atoms with Gasteiger partial charge in [-0.15, -0.1) is 11.8 Å². The SMILES string of the molecule is CCNC(Cc1cncc(Br)c1)C1Cc2ccccc2S1. The van der Waals surface area contributed by atoms with E-state index in [4.69, 9.17) is 0 Å². The van der Waals surface area contributed by atoms with Crippen LogP contribution in [0.1, 0.15) is 18.1 Å². The Hall–Kier alpha value is -0.840. The molecule has 21 heavy (non-hydrogen) atoms. The fourth-order valence-electron chi connectivity index (χ4n) is 2.85. The van der Waals surface area contributed by atoms with Crippen LogP contribution in [0.2, 0.25) is 0 Å². The molecule has 2 aromatic rings. The van der Waals surface area contributed by atoms with Gasteiger partial charge < -0.3 is 5.32 Å². The summed E-state index contributed by atoms with van der Waals surface area (Å²) < 4.78 is 1.05. The fourth-order valence-corrected chi connectivity index (χ4v) is 4.67. The number of halogens is 1. The number of benzene rings is 1. The van der Waals surface area contributed by atoms with E-state index in [1.807, 2.05) is 24.2 Å². The third kappa shape index (κ3) is 3.68. The summed E-state index contributed by atoms with van der Waals surface area (Å²) in [6.07, 6.45) is 5.99. The Bertz CT molecular complexity index is 592. The number of nitrogens with zero attached hydrogens (tertiary/aromatic N) is 1. The minimum Gasteiger partial charge on any atom is -0.313 e. The van der Waals surface area contributed by atoms with E-state index in [1.54, 1.807) is 0 Å². The zero-order valence-corrected chi connectivity index (χ0v) is 14.5. The van der Waals surface area contributed by atoms with Crippen molar-refractivity contribution in [2.24, 2.45) is 0 Å². The monoisotopic (exact) mass is 362 g/mol. The van der Waals surface area contributed by atoms with Gasteiger partial charge in [0.1, 0.15) is 0 Å². The molecule has 2 heterocycles. The third-order valence-corrected chi connectivity index (χ3v) is 5.69. The van der Waals surface area contributed by atoms with Gasteiger partial charge in [-0.3, -0.25) is 4.98 Å². The fraction of sp³-hybridized carbons (Fsp3) is 0.353. The highest BCUT2D eigenvalue weighted by Crippen LogP contribution is 2.39. The molecule has 0 saturated heterocycles. The Morgan fingerprint density at radius 2 is 2.24 bits per heavy atom. The Morgan fingerprint density at radius 1 is 1.38 bits per heavy atom. The zero-order chi connectivity index (χ0) is 14.7. The van der Waals surface area contributed by atoms with E-state index in [1.165, 1.54) is 16.0 Å². The number of aromatic nitrogens is 1. The quantitative estimate of drug-likeness (QED) is 0.867. The van der Waals surface area contributed by atoms with Gasteiger partial charge in [0.15, 0.2) is 0 Å². The molecule has 2 atom stereocenters. The van der Waals surface area contributed by atoms with Crippen LogP contribution in [0.25, 0.3) is 0 Å². The molecule has 1 aliphatic heterocycles. The summed E-state index contributed by atoms with van der Waals surface area (Å²) in [6, 6.07) is 11.4. The number of rotatable bonds is 5. The van der Waals surface area contributed by atoms with E-state index in [0.717, 1.165) is 23.9 Å². The summed E-state index contributed by atoms with van der Waals surface area (Å²) in [5.74, 6) is 0. The number of pyridine rings is 1. The summed E-state index contributed by atoms with van der Waals surface area (Å²) in [4.78, 5) is 5.72. The van der Waals surface area contributed by atoms with E-state index in [0.29, 0.717) is 11.3 Å². The molecular formula is C17H19BrN2S. The minimum absolute atomic E-state index is 0.475. The Labute approximate surface area is 138 Å². The van der Waals surface area contributed by atoms with Crippen molar-refractivity contribution in [3.8, 4) is 0 Å². The van der Waals surface area contributed by atoms with Crippen LogP contribution in [0.5, 0.6) is 0 Å². The Kier molecular flexibility index (Phi) is 4.99. The van der Waals surface area contributed by atoms with Crippen molar-refractivity contribution in [3.63, 3.8) is 0 Å². The standard InChI is InChI=1S/C17H19BrN2S/c1-2-20-15(8-12-7-14(18)11-19-10-12)17-9-13-5-3-4-6-16(13)21-17/h3-7,10-11,15,17,20H,2,8-9H2,1H3. The molecule has 0 radical (unpaired) electrons. The van der Waals surface area contributed by atoms with Gasteiger partial charge in [-0.2, -0.15) is 0 Å². The first-order chi connectivity index (χ1) is 10.3. The van der Waals surface area contributed by atoms with E-state index >= 15 is 0 Å². The van der Waals surface area contributed by atoms with E-state index in [-0.39, 0.29) is 0 Å². The molecule has 0 amide bonds. The highest BCUT2D eigenvalue weighted by Gasteiger charge is 2.29. The molecule has 0 saturated carbocycles. The molecule has 2 nitrogen and oxygen atoms in total. The summed E-state index contributed by atoms with van der Waals surface area (Å²) in [5.41, 5.74) is 2.77. The lowest BCUT2D eigenvalue weighted by molar-refractivity contribution is 0.505. The first-order valence-electron chi connectivity index (χ1n) is 7.33. The van der Waals surface area contributed by atoms with Crippen molar-refractivity contribution in [2.45, 2.75) is 36.0 Å². The summed E-state index contributed by atoms with van der Waals surface area (Å²) in [5, 5.41) is 4.26. The van der Waals surface area contributed by atoms with Gasteiger partial charge in [0, 0.05) is 33.1 Å². The molecule has 3 rings (SSSR count). The van der Waals surface area contributed by atoms with Crippen LogP contribution in [0.3, 0.4) is 0 Å². The van der Waals surface area contributed by atoms with Crippen molar-refractivity contribution in [1.82, 2.24) is 10.3 Å². The Morgan fingerprint density at radius 3 is 3.00 bits per heavy atom. The van der Waals surface area contributed by atoms with Crippen LogP contribution >= 0.6 is 27.7 Å². The number of nitrogens with one attached hydrogen (secondary N) is 1. The molecule has 2 unspecified atom stereocenters. The van der Waals surface area contributed by atoms with E-state index in [9.17, 15) is 0 Å². The molecule has 4 heteroatoms. The second-order valence-electron chi connectivity index (χ2n) is 5.35. The number of hydrogen-bond acceptors (Lipinski definition) is 3. The summed E-state index contributed by atoms with van der Waals surface area (Å²) in [7, 11) is 0. The van der Waals surface area contributed by atoms with Crippen molar-refractivity contribution >= 4 is 27.7 Å². The van der Waals surface area contributed by atoms with Crippen LogP contribution in [-0.4, -0.2) is 22.8 Å². The van der Waals surface area contributed by atoms with Crippen LogP contribution < -0.4 is 5.32 Å². The average molecular weight is 363 g/mol. The maximum atomic E-state index is 4.28. The second kappa shape index (κ2) is 6.95. The Balaban J connectivity index is 1.74. The van der Waals surface area contributed by atoms with Gasteiger partial charge in [-0.05, 0) is 58.6 Å². The van der Waals surface area contributed by atoms with Crippen molar-refractivity contribution < 1.29 is 0 Å². The van der Waals surface area contributed by atoms with Gasteiger partial charge in [0.2, 0.25) is 0 Å². The molecule has 110 valence electrons. The normalized spacial score (nSPS) is 18.5. The molecule has 0 aliphatic carbocycles.